The molecule has 1 fully saturated rings. The maximum absolute atomic E-state index is 12.6. The van der Waals surface area contributed by atoms with Gasteiger partial charge in [-0.15, -0.1) is 0 Å². The van der Waals surface area contributed by atoms with Gasteiger partial charge in [0.2, 0.25) is 5.91 Å². The Bertz CT molecular complexity index is 747. The molecule has 3 amide bonds. The van der Waals surface area contributed by atoms with Crippen molar-refractivity contribution in [3.8, 4) is 0 Å². The van der Waals surface area contributed by atoms with Gasteiger partial charge in [-0.3, -0.25) is 4.79 Å². The first-order valence-corrected chi connectivity index (χ1v) is 8.96. The van der Waals surface area contributed by atoms with E-state index in [1.165, 1.54) is 0 Å². The van der Waals surface area contributed by atoms with Crippen LogP contribution < -0.4 is 5.32 Å². The minimum Gasteiger partial charge on any atom is -0.361 e. The second-order valence-corrected chi connectivity index (χ2v) is 6.66. The Morgan fingerprint density at radius 1 is 1.16 bits per heavy atom. The lowest BCUT2D eigenvalue weighted by Crippen LogP contribution is -2.54. The van der Waals surface area contributed by atoms with Crippen molar-refractivity contribution in [3.63, 3.8) is 0 Å². The molecule has 0 bridgehead atoms. The molecule has 1 aromatic carbocycles. The molecular weight excluding hydrogens is 316 g/mol. The highest BCUT2D eigenvalue weighted by molar-refractivity contribution is 5.89. The van der Waals surface area contributed by atoms with Crippen molar-refractivity contribution in [2.24, 2.45) is 0 Å². The number of benzene rings is 1. The van der Waals surface area contributed by atoms with Crippen LogP contribution in [-0.2, 0) is 11.2 Å². The first kappa shape index (κ1) is 17.3. The summed E-state index contributed by atoms with van der Waals surface area (Å²) in [5.74, 6) is 0.117. The second-order valence-electron chi connectivity index (χ2n) is 6.66. The number of piperazine rings is 1. The van der Waals surface area contributed by atoms with Crippen LogP contribution in [0.1, 0.15) is 25.8 Å². The minimum absolute atomic E-state index is 0.0296. The number of H-pyrrole nitrogens is 1. The summed E-state index contributed by atoms with van der Waals surface area (Å²) in [4.78, 5) is 31.6. The summed E-state index contributed by atoms with van der Waals surface area (Å²) in [6.45, 7) is 6.40. The SMILES string of the molecule is CCC(C)NC(=O)N1CCN(C(=O)Cc2c[nH]c3ccccc23)CC1. The van der Waals surface area contributed by atoms with Crippen LogP contribution in [-0.4, -0.2) is 58.9 Å². The first-order chi connectivity index (χ1) is 12.1. The molecule has 1 aliphatic rings. The Hall–Kier alpha value is -2.50. The Morgan fingerprint density at radius 2 is 1.84 bits per heavy atom. The van der Waals surface area contributed by atoms with Crippen LogP contribution in [0, 0.1) is 0 Å². The third-order valence-corrected chi connectivity index (χ3v) is 4.92. The van der Waals surface area contributed by atoms with Crippen LogP contribution in [0.15, 0.2) is 30.5 Å². The Balaban J connectivity index is 1.54. The highest BCUT2D eigenvalue weighted by Crippen LogP contribution is 2.19. The van der Waals surface area contributed by atoms with E-state index in [4.69, 9.17) is 0 Å². The number of hydrogen-bond acceptors (Lipinski definition) is 2. The number of amides is 3. The van der Waals surface area contributed by atoms with E-state index < -0.39 is 0 Å². The summed E-state index contributed by atoms with van der Waals surface area (Å²) in [5, 5.41) is 4.08. The molecule has 134 valence electrons. The van der Waals surface area contributed by atoms with Crippen LogP contribution in [0.25, 0.3) is 10.9 Å². The van der Waals surface area contributed by atoms with E-state index in [2.05, 4.69) is 10.3 Å². The lowest BCUT2D eigenvalue weighted by molar-refractivity contribution is -0.131. The molecule has 3 rings (SSSR count). The quantitative estimate of drug-likeness (QED) is 0.896. The lowest BCUT2D eigenvalue weighted by Gasteiger charge is -2.35. The van der Waals surface area contributed by atoms with Crippen LogP contribution in [0.4, 0.5) is 4.79 Å². The fourth-order valence-corrected chi connectivity index (χ4v) is 3.12. The van der Waals surface area contributed by atoms with Gasteiger partial charge in [0.25, 0.3) is 0 Å². The number of rotatable bonds is 4. The Morgan fingerprint density at radius 3 is 2.56 bits per heavy atom. The fraction of sp³-hybridized carbons (Fsp3) is 0.474. The number of hydrogen-bond donors (Lipinski definition) is 2. The second kappa shape index (κ2) is 7.59. The number of carbonyl (C=O) groups excluding carboxylic acids is 2. The van der Waals surface area contributed by atoms with E-state index in [1.54, 1.807) is 4.90 Å². The molecule has 2 heterocycles. The molecule has 6 heteroatoms. The molecule has 0 saturated carbocycles. The zero-order valence-corrected chi connectivity index (χ0v) is 14.9. The topological polar surface area (TPSA) is 68.4 Å². The summed E-state index contributed by atoms with van der Waals surface area (Å²) in [6, 6.07) is 8.16. The van der Waals surface area contributed by atoms with Crippen molar-refractivity contribution in [2.75, 3.05) is 26.2 Å². The number of nitrogens with zero attached hydrogens (tertiary/aromatic N) is 2. The Kier molecular flexibility index (Phi) is 5.26. The summed E-state index contributed by atoms with van der Waals surface area (Å²) < 4.78 is 0. The first-order valence-electron chi connectivity index (χ1n) is 8.96. The number of nitrogens with one attached hydrogen (secondary N) is 2. The maximum Gasteiger partial charge on any atom is 0.317 e. The highest BCUT2D eigenvalue weighted by atomic mass is 16.2. The predicted molar refractivity (Wildman–Crippen MR) is 98.4 cm³/mol. The zero-order chi connectivity index (χ0) is 17.8. The molecule has 1 unspecified atom stereocenters. The van der Waals surface area contributed by atoms with Crippen LogP contribution >= 0.6 is 0 Å². The van der Waals surface area contributed by atoms with Crippen molar-refractivity contribution >= 4 is 22.8 Å². The molecule has 0 radical (unpaired) electrons. The Labute approximate surface area is 148 Å². The van der Waals surface area contributed by atoms with Gasteiger partial charge in [-0.05, 0) is 25.0 Å². The van der Waals surface area contributed by atoms with Gasteiger partial charge in [-0.2, -0.15) is 0 Å². The monoisotopic (exact) mass is 342 g/mol. The maximum atomic E-state index is 12.6. The van der Waals surface area contributed by atoms with Crippen molar-refractivity contribution in [1.82, 2.24) is 20.1 Å². The van der Waals surface area contributed by atoms with Gasteiger partial charge in [0.05, 0.1) is 6.42 Å². The van der Waals surface area contributed by atoms with E-state index in [-0.39, 0.29) is 18.0 Å². The van der Waals surface area contributed by atoms with Gasteiger partial charge in [-0.25, -0.2) is 4.79 Å². The summed E-state index contributed by atoms with van der Waals surface area (Å²) >= 11 is 0. The number of aromatic amines is 1. The van der Waals surface area contributed by atoms with Crippen molar-refractivity contribution < 1.29 is 9.59 Å². The number of urea groups is 1. The van der Waals surface area contributed by atoms with Gasteiger partial charge in [-0.1, -0.05) is 25.1 Å². The normalized spacial score (nSPS) is 16.1. The van der Waals surface area contributed by atoms with E-state index in [0.29, 0.717) is 32.6 Å². The van der Waals surface area contributed by atoms with Gasteiger partial charge in [0, 0.05) is 49.3 Å². The van der Waals surface area contributed by atoms with Crippen molar-refractivity contribution in [2.45, 2.75) is 32.7 Å². The predicted octanol–water partition coefficient (Wildman–Crippen LogP) is 2.36. The molecule has 1 aliphatic heterocycles. The van der Waals surface area contributed by atoms with E-state index in [0.717, 1.165) is 22.9 Å². The van der Waals surface area contributed by atoms with Gasteiger partial charge in [0.15, 0.2) is 0 Å². The van der Waals surface area contributed by atoms with Gasteiger partial charge in [0.1, 0.15) is 0 Å². The number of aromatic nitrogens is 1. The highest BCUT2D eigenvalue weighted by Gasteiger charge is 2.25. The van der Waals surface area contributed by atoms with Gasteiger partial charge < -0.3 is 20.1 Å². The molecule has 1 saturated heterocycles. The summed E-state index contributed by atoms with van der Waals surface area (Å²) in [5.41, 5.74) is 2.08. The van der Waals surface area contributed by atoms with E-state index >= 15 is 0 Å². The number of fused-ring (bicyclic) bond motifs is 1. The molecule has 6 nitrogen and oxygen atoms in total. The average molecular weight is 342 g/mol. The fourth-order valence-electron chi connectivity index (χ4n) is 3.12. The average Bonchev–Trinajstić information content (AvgIpc) is 3.04. The summed E-state index contributed by atoms with van der Waals surface area (Å²) in [6.07, 6.45) is 3.22. The van der Waals surface area contributed by atoms with Gasteiger partial charge >= 0.3 is 6.03 Å². The molecule has 0 aliphatic carbocycles. The largest absolute Gasteiger partial charge is 0.361 e. The van der Waals surface area contributed by atoms with Crippen molar-refractivity contribution in [3.05, 3.63) is 36.0 Å². The smallest absolute Gasteiger partial charge is 0.317 e. The molecule has 1 atom stereocenters. The number of carbonyl (C=O) groups is 2. The molecule has 1 aromatic heterocycles. The van der Waals surface area contributed by atoms with E-state index in [9.17, 15) is 9.59 Å². The number of para-hydroxylation sites is 1. The third-order valence-electron chi connectivity index (χ3n) is 4.92. The van der Waals surface area contributed by atoms with Crippen LogP contribution in [0.3, 0.4) is 0 Å². The van der Waals surface area contributed by atoms with Crippen LogP contribution in [0.2, 0.25) is 0 Å². The van der Waals surface area contributed by atoms with Crippen LogP contribution in [0.5, 0.6) is 0 Å². The lowest BCUT2D eigenvalue weighted by atomic mass is 10.1. The molecule has 2 N–H and O–H groups in total. The van der Waals surface area contributed by atoms with Crippen molar-refractivity contribution in [1.29, 1.82) is 0 Å². The zero-order valence-electron chi connectivity index (χ0n) is 14.9. The summed E-state index contributed by atoms with van der Waals surface area (Å²) in [7, 11) is 0. The third kappa shape index (κ3) is 3.95. The van der Waals surface area contributed by atoms with E-state index in [1.807, 2.05) is 49.2 Å². The minimum atomic E-state index is -0.0296. The molecular formula is C19H26N4O2. The standard InChI is InChI=1S/C19H26N4O2/c1-3-14(2)21-19(25)23-10-8-22(9-11-23)18(24)12-15-13-20-17-7-5-4-6-16(15)17/h4-7,13-14,20H,3,8-12H2,1-2H3,(H,21,25). The molecule has 0 spiro atoms. The molecule has 25 heavy (non-hydrogen) atoms. The molecule has 2 aromatic rings.